The van der Waals surface area contributed by atoms with Gasteiger partial charge in [0.2, 0.25) is 0 Å². The molecule has 0 aromatic heterocycles. The molecule has 0 aromatic carbocycles. The second-order valence-corrected chi connectivity index (χ2v) is 3.57. The summed E-state index contributed by atoms with van der Waals surface area (Å²) in [4.78, 5) is 21.8. The van der Waals surface area contributed by atoms with E-state index in [-0.39, 0.29) is 18.4 Å². The Hall–Kier alpha value is -1.52. The van der Waals surface area contributed by atoms with Crippen molar-refractivity contribution >= 4 is 11.9 Å². The van der Waals surface area contributed by atoms with Gasteiger partial charge in [0, 0.05) is 18.9 Å². The van der Waals surface area contributed by atoms with Gasteiger partial charge in [0.25, 0.3) is 5.91 Å². The molecule has 0 radical (unpaired) electrons. The monoisotopic (exact) mass is 213 g/mol. The topological polar surface area (TPSA) is 75.6 Å². The lowest BCUT2D eigenvalue weighted by Crippen LogP contribution is -2.33. The molecule has 1 amide bonds. The minimum Gasteiger partial charge on any atom is -0.500 e. The molecule has 0 fully saturated rings. The number of amides is 1. The largest absolute Gasteiger partial charge is 0.500 e. The maximum Gasteiger partial charge on any atom is 0.303 e. The number of carbonyl (C=O) groups is 2. The summed E-state index contributed by atoms with van der Waals surface area (Å²) in [6.45, 7) is 2.34. The molecule has 0 aliphatic carbocycles. The van der Waals surface area contributed by atoms with E-state index in [1.807, 2.05) is 0 Å². The summed E-state index contributed by atoms with van der Waals surface area (Å²) in [5.74, 6) is -1.01. The molecule has 1 unspecified atom stereocenters. The van der Waals surface area contributed by atoms with Crippen molar-refractivity contribution in [2.24, 2.45) is 0 Å². The first-order chi connectivity index (χ1) is 7.09. The van der Waals surface area contributed by atoms with E-state index in [2.05, 4.69) is 5.32 Å². The van der Waals surface area contributed by atoms with Gasteiger partial charge in [0.05, 0.1) is 18.4 Å². The number of hydrogen-bond donors (Lipinski definition) is 2. The average molecular weight is 213 g/mol. The molecule has 0 saturated heterocycles. The van der Waals surface area contributed by atoms with Crippen molar-refractivity contribution < 1.29 is 19.4 Å². The molecule has 0 aromatic rings. The van der Waals surface area contributed by atoms with Crippen LogP contribution in [0.2, 0.25) is 0 Å². The van der Waals surface area contributed by atoms with Gasteiger partial charge in [-0.2, -0.15) is 0 Å². The van der Waals surface area contributed by atoms with Crippen molar-refractivity contribution in [1.82, 2.24) is 5.32 Å². The van der Waals surface area contributed by atoms with Gasteiger partial charge in [0.15, 0.2) is 0 Å². The molecule has 0 saturated carbocycles. The summed E-state index contributed by atoms with van der Waals surface area (Å²) in [5, 5.41) is 11.2. The van der Waals surface area contributed by atoms with Gasteiger partial charge >= 0.3 is 5.97 Å². The maximum absolute atomic E-state index is 11.5. The zero-order valence-electron chi connectivity index (χ0n) is 8.66. The van der Waals surface area contributed by atoms with Crippen molar-refractivity contribution in [1.29, 1.82) is 0 Å². The minimum absolute atomic E-state index is 0.0665. The molecule has 0 spiro atoms. The molecule has 84 valence electrons. The molecule has 2 N–H and O–H groups in total. The number of hydrogen-bond acceptors (Lipinski definition) is 3. The molecule has 1 heterocycles. The van der Waals surface area contributed by atoms with Crippen molar-refractivity contribution in [3.05, 3.63) is 11.8 Å². The SMILES string of the molecule is CC(CCC(=O)O)NC(=O)C1=COCC1. The maximum atomic E-state index is 11.5. The highest BCUT2D eigenvalue weighted by molar-refractivity contribution is 5.93. The Morgan fingerprint density at radius 2 is 2.40 bits per heavy atom. The number of ether oxygens (including phenoxy) is 1. The Balaban J connectivity index is 2.27. The van der Waals surface area contributed by atoms with E-state index >= 15 is 0 Å². The van der Waals surface area contributed by atoms with Crippen LogP contribution in [0.25, 0.3) is 0 Å². The lowest BCUT2D eigenvalue weighted by molar-refractivity contribution is -0.137. The Morgan fingerprint density at radius 1 is 1.67 bits per heavy atom. The number of carbonyl (C=O) groups excluding carboxylic acids is 1. The van der Waals surface area contributed by atoms with Gasteiger partial charge in [-0.15, -0.1) is 0 Å². The second-order valence-electron chi connectivity index (χ2n) is 3.57. The summed E-state index contributed by atoms with van der Waals surface area (Å²) in [6.07, 6.45) is 2.59. The molecule has 5 heteroatoms. The summed E-state index contributed by atoms with van der Waals surface area (Å²) >= 11 is 0. The normalized spacial score (nSPS) is 16.5. The lowest BCUT2D eigenvalue weighted by atomic mass is 10.1. The van der Waals surface area contributed by atoms with E-state index in [0.29, 0.717) is 25.0 Å². The number of carboxylic acid groups (broad SMARTS) is 1. The fraction of sp³-hybridized carbons (Fsp3) is 0.600. The highest BCUT2D eigenvalue weighted by Crippen LogP contribution is 2.10. The fourth-order valence-corrected chi connectivity index (χ4v) is 1.28. The standard InChI is InChI=1S/C10H15NO4/c1-7(2-3-9(12)13)11-10(14)8-4-5-15-6-8/h6-7H,2-5H2,1H3,(H,11,14)(H,12,13). The summed E-state index contributed by atoms with van der Waals surface area (Å²) in [7, 11) is 0. The van der Waals surface area contributed by atoms with Gasteiger partial charge < -0.3 is 15.2 Å². The molecule has 1 aliphatic heterocycles. The summed E-state index contributed by atoms with van der Waals surface area (Å²) < 4.78 is 4.94. The lowest BCUT2D eigenvalue weighted by Gasteiger charge is -2.12. The molecule has 0 bridgehead atoms. The highest BCUT2D eigenvalue weighted by Gasteiger charge is 2.16. The quantitative estimate of drug-likeness (QED) is 0.703. The fourth-order valence-electron chi connectivity index (χ4n) is 1.28. The third kappa shape index (κ3) is 4.01. The molecular weight excluding hydrogens is 198 g/mol. The molecule has 1 aliphatic rings. The molecular formula is C10H15NO4. The van der Waals surface area contributed by atoms with Gasteiger partial charge in [-0.3, -0.25) is 9.59 Å². The van der Waals surface area contributed by atoms with Crippen LogP contribution in [0.15, 0.2) is 11.8 Å². The second kappa shape index (κ2) is 5.38. The Morgan fingerprint density at radius 3 is 2.93 bits per heavy atom. The van der Waals surface area contributed by atoms with Gasteiger partial charge in [-0.05, 0) is 13.3 Å². The molecule has 5 nitrogen and oxygen atoms in total. The first-order valence-electron chi connectivity index (χ1n) is 4.93. The molecule has 1 atom stereocenters. The number of carboxylic acids is 1. The van der Waals surface area contributed by atoms with E-state index in [4.69, 9.17) is 9.84 Å². The predicted molar refractivity (Wildman–Crippen MR) is 53.1 cm³/mol. The number of aliphatic carboxylic acids is 1. The van der Waals surface area contributed by atoms with E-state index in [9.17, 15) is 9.59 Å². The van der Waals surface area contributed by atoms with Crippen LogP contribution in [0.5, 0.6) is 0 Å². The van der Waals surface area contributed by atoms with Crippen LogP contribution < -0.4 is 5.32 Å². The Labute approximate surface area is 88.1 Å². The summed E-state index contributed by atoms with van der Waals surface area (Å²) in [6, 6.07) is -0.130. The van der Waals surface area contributed by atoms with Crippen molar-refractivity contribution in [2.75, 3.05) is 6.61 Å². The predicted octanol–water partition coefficient (Wildman–Crippen LogP) is 0.660. The van der Waals surface area contributed by atoms with E-state index in [0.717, 1.165) is 0 Å². The van der Waals surface area contributed by atoms with Crippen LogP contribution in [-0.2, 0) is 14.3 Å². The number of nitrogens with one attached hydrogen (secondary N) is 1. The molecule has 15 heavy (non-hydrogen) atoms. The van der Waals surface area contributed by atoms with Crippen LogP contribution in [0.1, 0.15) is 26.2 Å². The van der Waals surface area contributed by atoms with Crippen molar-refractivity contribution in [3.8, 4) is 0 Å². The van der Waals surface area contributed by atoms with Crippen LogP contribution in [-0.4, -0.2) is 29.6 Å². The van der Waals surface area contributed by atoms with E-state index in [1.54, 1.807) is 6.92 Å². The van der Waals surface area contributed by atoms with Crippen LogP contribution >= 0.6 is 0 Å². The first kappa shape index (κ1) is 11.6. The van der Waals surface area contributed by atoms with E-state index in [1.165, 1.54) is 6.26 Å². The van der Waals surface area contributed by atoms with Crippen LogP contribution in [0.4, 0.5) is 0 Å². The smallest absolute Gasteiger partial charge is 0.303 e. The van der Waals surface area contributed by atoms with Crippen LogP contribution in [0.3, 0.4) is 0 Å². The van der Waals surface area contributed by atoms with Crippen LogP contribution in [0, 0.1) is 0 Å². The zero-order valence-corrected chi connectivity index (χ0v) is 8.66. The summed E-state index contributed by atoms with van der Waals surface area (Å²) in [5.41, 5.74) is 0.622. The van der Waals surface area contributed by atoms with Gasteiger partial charge in [-0.1, -0.05) is 0 Å². The zero-order chi connectivity index (χ0) is 11.3. The van der Waals surface area contributed by atoms with Crippen molar-refractivity contribution in [3.63, 3.8) is 0 Å². The third-order valence-corrected chi connectivity index (χ3v) is 2.18. The number of rotatable bonds is 5. The molecule has 1 rings (SSSR count). The third-order valence-electron chi connectivity index (χ3n) is 2.18. The Bertz CT molecular complexity index is 285. The highest BCUT2D eigenvalue weighted by atomic mass is 16.5. The Kier molecular flexibility index (Phi) is 4.15. The van der Waals surface area contributed by atoms with Gasteiger partial charge in [0.1, 0.15) is 0 Å². The van der Waals surface area contributed by atoms with Gasteiger partial charge in [-0.25, -0.2) is 0 Å². The van der Waals surface area contributed by atoms with E-state index < -0.39 is 5.97 Å². The first-order valence-corrected chi connectivity index (χ1v) is 4.93. The minimum atomic E-state index is -0.848. The van der Waals surface area contributed by atoms with Crippen molar-refractivity contribution in [2.45, 2.75) is 32.2 Å². The average Bonchev–Trinajstić information content (AvgIpc) is 2.67.